The number of hydrogen-bond acceptors (Lipinski definition) is 3. The van der Waals surface area contributed by atoms with Crippen molar-refractivity contribution in [1.29, 1.82) is 0 Å². The monoisotopic (exact) mass is 182 g/mol. The highest BCUT2D eigenvalue weighted by atomic mass is 32.1. The highest BCUT2D eigenvalue weighted by Gasteiger charge is 2.31. The molecule has 0 saturated heterocycles. The third-order valence-corrected chi connectivity index (χ3v) is 3.22. The van der Waals surface area contributed by atoms with E-state index in [2.05, 4.69) is 17.2 Å². The quantitative estimate of drug-likeness (QED) is 0.769. The lowest BCUT2D eigenvalue weighted by atomic mass is 10.3. The summed E-state index contributed by atoms with van der Waals surface area (Å²) in [5.74, 6) is 1.89. The van der Waals surface area contributed by atoms with Gasteiger partial charge in [0.1, 0.15) is 5.01 Å². The highest BCUT2D eigenvalue weighted by molar-refractivity contribution is 7.09. The van der Waals surface area contributed by atoms with Gasteiger partial charge in [-0.2, -0.15) is 0 Å². The van der Waals surface area contributed by atoms with Crippen LogP contribution in [0.25, 0.3) is 0 Å². The summed E-state index contributed by atoms with van der Waals surface area (Å²) in [6.07, 6.45) is 3.27. The van der Waals surface area contributed by atoms with E-state index in [0.717, 1.165) is 18.4 Å². The summed E-state index contributed by atoms with van der Waals surface area (Å²) in [5.41, 5.74) is 0. The first-order chi connectivity index (χ1) is 5.86. The number of rotatable bonds is 4. The molecule has 1 aliphatic rings. The predicted octanol–water partition coefficient (Wildman–Crippen LogP) is 1.89. The summed E-state index contributed by atoms with van der Waals surface area (Å²) in [6, 6.07) is 0. The molecule has 2 atom stereocenters. The van der Waals surface area contributed by atoms with Gasteiger partial charge in [0.2, 0.25) is 0 Å². The van der Waals surface area contributed by atoms with Crippen LogP contribution in [0.15, 0.2) is 11.6 Å². The fourth-order valence-corrected chi connectivity index (χ4v) is 1.97. The molecule has 1 aliphatic carbocycles. The molecular weight excluding hydrogens is 168 g/mol. The van der Waals surface area contributed by atoms with Gasteiger partial charge in [0, 0.05) is 18.1 Å². The minimum atomic E-state index is 0.935. The first kappa shape index (κ1) is 8.20. The van der Waals surface area contributed by atoms with Crippen LogP contribution < -0.4 is 5.32 Å². The van der Waals surface area contributed by atoms with Gasteiger partial charge in [0.15, 0.2) is 0 Å². The normalized spacial score (nSPS) is 27.4. The van der Waals surface area contributed by atoms with E-state index in [1.54, 1.807) is 11.3 Å². The molecule has 1 N–H and O–H groups in total. The molecule has 2 nitrogen and oxygen atoms in total. The average molecular weight is 182 g/mol. The molecule has 0 aliphatic heterocycles. The summed E-state index contributed by atoms with van der Waals surface area (Å²) in [5, 5.41) is 6.65. The summed E-state index contributed by atoms with van der Waals surface area (Å²) in [4.78, 5) is 4.21. The summed E-state index contributed by atoms with van der Waals surface area (Å²) < 4.78 is 0. The van der Waals surface area contributed by atoms with Gasteiger partial charge in [0.25, 0.3) is 0 Å². The molecule has 0 bridgehead atoms. The Morgan fingerprint density at radius 3 is 3.17 bits per heavy atom. The van der Waals surface area contributed by atoms with Crippen molar-refractivity contribution in [3.63, 3.8) is 0 Å². The van der Waals surface area contributed by atoms with Crippen molar-refractivity contribution < 1.29 is 0 Å². The molecule has 1 aromatic heterocycles. The second-order valence-electron chi connectivity index (χ2n) is 3.53. The van der Waals surface area contributed by atoms with E-state index in [4.69, 9.17) is 0 Å². The smallest absolute Gasteiger partial charge is 0.106 e. The molecule has 12 heavy (non-hydrogen) atoms. The van der Waals surface area contributed by atoms with Crippen LogP contribution in [0, 0.1) is 11.8 Å². The van der Waals surface area contributed by atoms with Gasteiger partial charge in [0.05, 0.1) is 0 Å². The van der Waals surface area contributed by atoms with E-state index < -0.39 is 0 Å². The molecule has 0 aromatic carbocycles. The molecule has 2 rings (SSSR count). The van der Waals surface area contributed by atoms with Crippen molar-refractivity contribution in [1.82, 2.24) is 10.3 Å². The van der Waals surface area contributed by atoms with Gasteiger partial charge in [-0.15, -0.1) is 11.3 Å². The Kier molecular flexibility index (Phi) is 2.42. The zero-order valence-corrected chi connectivity index (χ0v) is 8.10. The maximum absolute atomic E-state index is 4.21. The second-order valence-corrected chi connectivity index (χ2v) is 4.51. The largest absolute Gasteiger partial charge is 0.310 e. The number of thiazole rings is 1. The number of nitrogens with zero attached hydrogens (tertiary/aromatic N) is 1. The van der Waals surface area contributed by atoms with Gasteiger partial charge in [-0.1, -0.05) is 6.92 Å². The van der Waals surface area contributed by atoms with Crippen LogP contribution in [0.5, 0.6) is 0 Å². The molecular formula is C9H14N2S. The van der Waals surface area contributed by atoms with Crippen molar-refractivity contribution in [2.75, 3.05) is 6.54 Å². The van der Waals surface area contributed by atoms with Crippen molar-refractivity contribution in [2.24, 2.45) is 11.8 Å². The van der Waals surface area contributed by atoms with Crippen LogP contribution in [0.4, 0.5) is 0 Å². The second kappa shape index (κ2) is 3.54. The lowest BCUT2D eigenvalue weighted by Gasteiger charge is -1.99. The van der Waals surface area contributed by atoms with E-state index in [1.165, 1.54) is 18.0 Å². The standard InChI is InChI=1S/C9H14N2S/c1-7-4-8(7)5-10-6-9-11-2-3-12-9/h2-3,7-8,10H,4-6H2,1H3. The molecule has 1 fully saturated rings. The highest BCUT2D eigenvalue weighted by Crippen LogP contribution is 2.36. The first-order valence-corrected chi connectivity index (χ1v) is 5.33. The van der Waals surface area contributed by atoms with E-state index in [9.17, 15) is 0 Å². The molecule has 1 saturated carbocycles. The summed E-state index contributed by atoms with van der Waals surface area (Å²) in [6.45, 7) is 4.43. The van der Waals surface area contributed by atoms with Crippen LogP contribution in [-0.2, 0) is 6.54 Å². The Labute approximate surface area is 77.0 Å². The Morgan fingerprint density at radius 1 is 1.75 bits per heavy atom. The van der Waals surface area contributed by atoms with E-state index in [1.807, 2.05) is 11.6 Å². The topological polar surface area (TPSA) is 24.9 Å². The predicted molar refractivity (Wildman–Crippen MR) is 51.1 cm³/mol. The molecule has 0 radical (unpaired) electrons. The van der Waals surface area contributed by atoms with Crippen molar-refractivity contribution in [3.05, 3.63) is 16.6 Å². The zero-order chi connectivity index (χ0) is 8.39. The molecule has 1 aromatic rings. The van der Waals surface area contributed by atoms with Gasteiger partial charge in [-0.3, -0.25) is 0 Å². The van der Waals surface area contributed by atoms with Crippen molar-refractivity contribution in [3.8, 4) is 0 Å². The molecule has 1 heterocycles. The minimum Gasteiger partial charge on any atom is -0.310 e. The fourth-order valence-electron chi connectivity index (χ4n) is 1.39. The lowest BCUT2D eigenvalue weighted by molar-refractivity contribution is 0.610. The third-order valence-electron chi connectivity index (χ3n) is 2.44. The minimum absolute atomic E-state index is 0.935. The molecule has 2 unspecified atom stereocenters. The van der Waals surface area contributed by atoms with Crippen LogP contribution in [0.2, 0.25) is 0 Å². The zero-order valence-electron chi connectivity index (χ0n) is 7.29. The Hall–Kier alpha value is -0.410. The van der Waals surface area contributed by atoms with Gasteiger partial charge < -0.3 is 5.32 Å². The summed E-state index contributed by atoms with van der Waals surface area (Å²) >= 11 is 1.72. The molecule has 3 heteroatoms. The van der Waals surface area contributed by atoms with E-state index in [0.29, 0.717) is 0 Å². The van der Waals surface area contributed by atoms with E-state index in [-0.39, 0.29) is 0 Å². The van der Waals surface area contributed by atoms with Gasteiger partial charge in [-0.05, 0) is 24.8 Å². The van der Waals surface area contributed by atoms with Gasteiger partial charge in [-0.25, -0.2) is 4.98 Å². The maximum atomic E-state index is 4.21. The van der Waals surface area contributed by atoms with Crippen LogP contribution in [-0.4, -0.2) is 11.5 Å². The summed E-state index contributed by atoms with van der Waals surface area (Å²) in [7, 11) is 0. The van der Waals surface area contributed by atoms with Crippen molar-refractivity contribution >= 4 is 11.3 Å². The molecule has 0 amide bonds. The fraction of sp³-hybridized carbons (Fsp3) is 0.667. The molecule has 66 valence electrons. The Morgan fingerprint density at radius 2 is 2.58 bits per heavy atom. The Balaban J connectivity index is 1.63. The molecule has 0 spiro atoms. The first-order valence-electron chi connectivity index (χ1n) is 4.45. The van der Waals surface area contributed by atoms with Crippen LogP contribution in [0.3, 0.4) is 0 Å². The average Bonchev–Trinajstić information content (AvgIpc) is 2.58. The van der Waals surface area contributed by atoms with Crippen LogP contribution in [0.1, 0.15) is 18.4 Å². The van der Waals surface area contributed by atoms with Crippen molar-refractivity contribution in [2.45, 2.75) is 19.9 Å². The number of hydrogen-bond donors (Lipinski definition) is 1. The lowest BCUT2D eigenvalue weighted by Crippen LogP contribution is -2.16. The third kappa shape index (κ3) is 2.05. The number of aromatic nitrogens is 1. The van der Waals surface area contributed by atoms with Crippen LogP contribution >= 0.6 is 11.3 Å². The maximum Gasteiger partial charge on any atom is 0.106 e. The van der Waals surface area contributed by atoms with Gasteiger partial charge >= 0.3 is 0 Å². The SMILES string of the molecule is CC1CC1CNCc1nccs1. The Bertz CT molecular complexity index is 233. The van der Waals surface area contributed by atoms with E-state index >= 15 is 0 Å². The number of nitrogens with one attached hydrogen (secondary N) is 1.